The van der Waals surface area contributed by atoms with Crippen molar-refractivity contribution in [1.29, 1.82) is 0 Å². The second-order valence-corrected chi connectivity index (χ2v) is 8.66. The molecule has 0 atom stereocenters. The number of benzene rings is 1. The molecule has 1 aromatic carbocycles. The van der Waals surface area contributed by atoms with Crippen LogP contribution in [0.15, 0.2) is 18.2 Å². The van der Waals surface area contributed by atoms with Crippen molar-refractivity contribution in [2.24, 2.45) is 5.92 Å². The predicted molar refractivity (Wildman–Crippen MR) is 93.2 cm³/mol. The van der Waals surface area contributed by atoms with E-state index in [0.717, 1.165) is 5.56 Å². The van der Waals surface area contributed by atoms with E-state index in [1.54, 1.807) is 30.0 Å². The molecule has 2 saturated heterocycles. The van der Waals surface area contributed by atoms with Crippen molar-refractivity contribution < 1.29 is 23.1 Å². The Morgan fingerprint density at radius 3 is 2.36 bits per heavy atom. The van der Waals surface area contributed by atoms with Crippen LogP contribution in [0.1, 0.15) is 35.2 Å². The van der Waals surface area contributed by atoms with Crippen LogP contribution >= 0.6 is 0 Å². The fourth-order valence-electron chi connectivity index (χ4n) is 3.47. The Labute approximate surface area is 147 Å². The van der Waals surface area contributed by atoms with Gasteiger partial charge in [0.15, 0.2) is 0 Å². The lowest BCUT2D eigenvalue weighted by atomic mass is 9.96. The minimum absolute atomic E-state index is 0.128. The van der Waals surface area contributed by atoms with Gasteiger partial charge in [-0.15, -0.1) is 0 Å². The minimum Gasteiger partial charge on any atom is -0.481 e. The summed E-state index contributed by atoms with van der Waals surface area (Å²) in [5.74, 6) is -1.16. The van der Waals surface area contributed by atoms with E-state index in [2.05, 4.69) is 0 Å². The molecule has 25 heavy (non-hydrogen) atoms. The fraction of sp³-hybridized carbons (Fsp3) is 0.529. The zero-order valence-corrected chi connectivity index (χ0v) is 15.0. The monoisotopic (exact) mass is 366 g/mol. The molecule has 2 aliphatic heterocycles. The van der Waals surface area contributed by atoms with Gasteiger partial charge in [0.25, 0.3) is 5.91 Å². The standard InChI is InChI=1S/C17H22N2O5S/c1-12-11-14(19-7-2-10-25(19,23)24)3-4-15(12)16(20)18-8-5-13(6-9-18)17(21)22/h3-4,11,13H,2,5-10H2,1H3,(H,21,22). The first-order valence-corrected chi connectivity index (χ1v) is 10.0. The van der Waals surface area contributed by atoms with E-state index in [4.69, 9.17) is 5.11 Å². The molecule has 2 fully saturated rings. The Morgan fingerprint density at radius 2 is 1.84 bits per heavy atom. The summed E-state index contributed by atoms with van der Waals surface area (Å²) in [7, 11) is -3.24. The van der Waals surface area contributed by atoms with Crippen LogP contribution in [0.3, 0.4) is 0 Å². The summed E-state index contributed by atoms with van der Waals surface area (Å²) < 4.78 is 25.5. The quantitative estimate of drug-likeness (QED) is 0.874. The Morgan fingerprint density at radius 1 is 1.16 bits per heavy atom. The predicted octanol–water partition coefficient (Wildman–Crippen LogP) is 1.47. The topological polar surface area (TPSA) is 95.0 Å². The molecule has 2 aliphatic rings. The summed E-state index contributed by atoms with van der Waals surface area (Å²) in [6.45, 7) is 3.12. The number of carboxylic acids is 1. The third kappa shape index (κ3) is 3.49. The largest absolute Gasteiger partial charge is 0.481 e. The molecule has 1 aromatic rings. The average molecular weight is 366 g/mol. The first kappa shape index (κ1) is 17.7. The Balaban J connectivity index is 1.75. The Hall–Kier alpha value is -2.09. The molecule has 1 N–H and O–H groups in total. The Kier molecular flexibility index (Phi) is 4.73. The van der Waals surface area contributed by atoms with Gasteiger partial charge in [-0.1, -0.05) is 0 Å². The van der Waals surface area contributed by atoms with Crippen LogP contribution in [0, 0.1) is 12.8 Å². The smallest absolute Gasteiger partial charge is 0.306 e. The van der Waals surface area contributed by atoms with Gasteiger partial charge in [0, 0.05) is 25.2 Å². The molecule has 136 valence electrons. The molecule has 8 heteroatoms. The van der Waals surface area contributed by atoms with Gasteiger partial charge in [-0.2, -0.15) is 0 Å². The van der Waals surface area contributed by atoms with Crippen molar-refractivity contribution in [3.63, 3.8) is 0 Å². The first-order chi connectivity index (χ1) is 11.8. The van der Waals surface area contributed by atoms with Crippen molar-refractivity contribution in [3.05, 3.63) is 29.3 Å². The number of amides is 1. The number of carbonyl (C=O) groups excluding carboxylic acids is 1. The van der Waals surface area contributed by atoms with Gasteiger partial charge in [0.1, 0.15) is 0 Å². The highest BCUT2D eigenvalue weighted by Gasteiger charge is 2.30. The normalized spacial score (nSPS) is 20.7. The number of likely N-dealkylation sites (tertiary alicyclic amines) is 1. The number of sulfonamides is 1. The van der Waals surface area contributed by atoms with E-state index in [0.29, 0.717) is 50.1 Å². The van der Waals surface area contributed by atoms with Crippen molar-refractivity contribution in [2.45, 2.75) is 26.2 Å². The number of anilines is 1. The van der Waals surface area contributed by atoms with Crippen molar-refractivity contribution in [2.75, 3.05) is 29.7 Å². The van der Waals surface area contributed by atoms with Crippen LogP contribution in [0.5, 0.6) is 0 Å². The maximum Gasteiger partial charge on any atom is 0.306 e. The van der Waals surface area contributed by atoms with Gasteiger partial charge in [0.05, 0.1) is 17.4 Å². The molecule has 1 amide bonds. The van der Waals surface area contributed by atoms with E-state index in [1.807, 2.05) is 0 Å². The summed E-state index contributed by atoms with van der Waals surface area (Å²) in [4.78, 5) is 25.4. The lowest BCUT2D eigenvalue weighted by Gasteiger charge is -2.30. The van der Waals surface area contributed by atoms with Crippen LogP contribution in [0.4, 0.5) is 5.69 Å². The van der Waals surface area contributed by atoms with Gasteiger partial charge in [-0.05, 0) is 49.9 Å². The van der Waals surface area contributed by atoms with Crippen LogP contribution in [-0.2, 0) is 14.8 Å². The van der Waals surface area contributed by atoms with Gasteiger partial charge < -0.3 is 10.0 Å². The molecule has 0 unspecified atom stereocenters. The third-order valence-corrected chi connectivity index (χ3v) is 6.83. The van der Waals surface area contributed by atoms with Crippen LogP contribution in [0.2, 0.25) is 0 Å². The van der Waals surface area contributed by atoms with Crippen molar-refractivity contribution in [3.8, 4) is 0 Å². The molecule has 0 radical (unpaired) electrons. The van der Waals surface area contributed by atoms with Crippen molar-refractivity contribution >= 4 is 27.6 Å². The number of aryl methyl sites for hydroxylation is 1. The number of nitrogens with zero attached hydrogens (tertiary/aromatic N) is 2. The third-order valence-electron chi connectivity index (χ3n) is 4.96. The number of piperidine rings is 1. The molecule has 0 aliphatic carbocycles. The lowest BCUT2D eigenvalue weighted by Crippen LogP contribution is -2.40. The molecule has 0 spiro atoms. The highest BCUT2D eigenvalue weighted by molar-refractivity contribution is 7.93. The second-order valence-electron chi connectivity index (χ2n) is 6.65. The fourth-order valence-corrected chi connectivity index (χ4v) is 5.03. The SMILES string of the molecule is Cc1cc(N2CCCS2(=O)=O)ccc1C(=O)N1CCC(C(=O)O)CC1. The summed E-state index contributed by atoms with van der Waals surface area (Å²) in [6, 6.07) is 5.08. The number of aliphatic carboxylic acids is 1. The van der Waals surface area contributed by atoms with E-state index >= 15 is 0 Å². The van der Waals surface area contributed by atoms with E-state index in [-0.39, 0.29) is 17.6 Å². The van der Waals surface area contributed by atoms with Gasteiger partial charge in [0.2, 0.25) is 10.0 Å². The number of carbonyl (C=O) groups is 2. The van der Waals surface area contributed by atoms with E-state index < -0.39 is 16.0 Å². The minimum atomic E-state index is -3.24. The van der Waals surface area contributed by atoms with Gasteiger partial charge in [-0.25, -0.2) is 8.42 Å². The van der Waals surface area contributed by atoms with Crippen LogP contribution in [0.25, 0.3) is 0 Å². The molecule has 7 nitrogen and oxygen atoms in total. The lowest BCUT2D eigenvalue weighted by molar-refractivity contribution is -0.143. The Bertz CT molecular complexity index is 797. The molecule has 0 aromatic heterocycles. The highest BCUT2D eigenvalue weighted by atomic mass is 32.2. The molecule has 0 saturated carbocycles. The van der Waals surface area contributed by atoms with Crippen molar-refractivity contribution in [1.82, 2.24) is 4.90 Å². The van der Waals surface area contributed by atoms with Crippen LogP contribution in [-0.4, -0.2) is 55.7 Å². The number of carboxylic acid groups (broad SMARTS) is 1. The number of hydrogen-bond acceptors (Lipinski definition) is 4. The number of rotatable bonds is 3. The summed E-state index contributed by atoms with van der Waals surface area (Å²) >= 11 is 0. The van der Waals surface area contributed by atoms with Crippen LogP contribution < -0.4 is 4.31 Å². The molecular weight excluding hydrogens is 344 g/mol. The van der Waals surface area contributed by atoms with E-state index in [9.17, 15) is 18.0 Å². The maximum absolute atomic E-state index is 12.7. The second kappa shape index (κ2) is 6.67. The van der Waals surface area contributed by atoms with Gasteiger partial charge in [-0.3, -0.25) is 13.9 Å². The summed E-state index contributed by atoms with van der Waals surface area (Å²) in [5.41, 5.74) is 1.86. The molecular formula is C17H22N2O5S. The summed E-state index contributed by atoms with van der Waals surface area (Å²) in [6.07, 6.45) is 1.54. The molecule has 3 rings (SSSR count). The highest BCUT2D eigenvalue weighted by Crippen LogP contribution is 2.27. The summed E-state index contributed by atoms with van der Waals surface area (Å²) in [5, 5.41) is 9.04. The number of hydrogen-bond donors (Lipinski definition) is 1. The van der Waals surface area contributed by atoms with Gasteiger partial charge >= 0.3 is 5.97 Å². The zero-order valence-electron chi connectivity index (χ0n) is 14.1. The maximum atomic E-state index is 12.7. The average Bonchev–Trinajstić information content (AvgIpc) is 2.93. The molecule has 2 heterocycles. The zero-order chi connectivity index (χ0) is 18.2. The van der Waals surface area contributed by atoms with E-state index in [1.165, 1.54) is 4.31 Å². The first-order valence-electron chi connectivity index (χ1n) is 8.43. The molecule has 0 bridgehead atoms.